The number of nitrogens with zero attached hydrogens (tertiary/aromatic N) is 1. The fourth-order valence-electron chi connectivity index (χ4n) is 2.87. The number of hydrogen-bond donors (Lipinski definition) is 1. The number of aromatic nitrogens is 2. The van der Waals surface area contributed by atoms with Crippen molar-refractivity contribution in [3.05, 3.63) is 52.6 Å². The molecule has 3 aromatic rings. The molecule has 1 aromatic carbocycles. The van der Waals surface area contributed by atoms with Crippen molar-refractivity contribution in [3.8, 4) is 11.5 Å². The number of nitrogens with one attached hydrogen (secondary N) is 1. The van der Waals surface area contributed by atoms with Crippen molar-refractivity contribution >= 4 is 22.6 Å². The van der Waals surface area contributed by atoms with Gasteiger partial charge in [0.2, 0.25) is 0 Å². The second kappa shape index (κ2) is 8.56. The van der Waals surface area contributed by atoms with Gasteiger partial charge in [0.1, 0.15) is 35.7 Å². The third kappa shape index (κ3) is 3.85. The number of methoxy groups -OCH3 is 3. The second-order valence-corrected chi connectivity index (χ2v) is 6.12. The average Bonchev–Trinajstić information content (AvgIpc) is 3.09. The van der Waals surface area contributed by atoms with Crippen molar-refractivity contribution in [2.75, 3.05) is 34.5 Å². The highest BCUT2D eigenvalue weighted by molar-refractivity contribution is 6.33. The molecule has 1 atom stereocenters. The Morgan fingerprint density at radius 3 is 2.74 bits per heavy atom. The fourth-order valence-corrected chi connectivity index (χ4v) is 3.18. The van der Waals surface area contributed by atoms with Gasteiger partial charge in [0.05, 0.1) is 24.9 Å². The minimum absolute atomic E-state index is 0.156. The van der Waals surface area contributed by atoms with Crippen molar-refractivity contribution in [3.63, 3.8) is 0 Å². The molecule has 0 aliphatic carbocycles. The molecule has 3 rings (SSSR count). The van der Waals surface area contributed by atoms with E-state index in [1.807, 2.05) is 6.07 Å². The van der Waals surface area contributed by atoms with E-state index in [9.17, 15) is 4.39 Å². The van der Waals surface area contributed by atoms with E-state index in [4.69, 9.17) is 30.5 Å². The van der Waals surface area contributed by atoms with Crippen LogP contribution in [0.5, 0.6) is 11.5 Å². The molecule has 0 saturated heterocycles. The quantitative estimate of drug-likeness (QED) is 0.582. The highest BCUT2D eigenvalue weighted by Gasteiger charge is 2.26. The third-order valence-corrected chi connectivity index (χ3v) is 4.58. The van der Waals surface area contributed by atoms with Crippen molar-refractivity contribution < 1.29 is 23.3 Å². The van der Waals surface area contributed by atoms with E-state index < -0.39 is 11.9 Å². The molecule has 6 nitrogen and oxygen atoms in total. The third-order valence-electron chi connectivity index (χ3n) is 4.19. The molecule has 0 radical (unpaired) electrons. The standard InChI is InChI=1S/C19H20ClFN2O4/c1-24-6-7-27-15-5-4-14(21)16(17(15)20)18(26-3)13-10-23-19-12(13)8-11(25-2)9-22-19/h4-5,8-10,18H,6-7H2,1-3H3,(H,22,23). The number of fused-ring (bicyclic) bond motifs is 1. The molecule has 1 unspecified atom stereocenters. The maximum absolute atomic E-state index is 14.7. The normalized spacial score (nSPS) is 12.3. The maximum atomic E-state index is 14.7. The van der Waals surface area contributed by atoms with Crippen LogP contribution in [0, 0.1) is 5.82 Å². The van der Waals surface area contributed by atoms with Crippen molar-refractivity contribution in [1.29, 1.82) is 0 Å². The van der Waals surface area contributed by atoms with Crippen LogP contribution >= 0.6 is 11.6 Å². The Kier molecular flexibility index (Phi) is 6.15. The highest BCUT2D eigenvalue weighted by Crippen LogP contribution is 2.40. The smallest absolute Gasteiger partial charge is 0.138 e. The summed E-state index contributed by atoms with van der Waals surface area (Å²) in [5.74, 6) is 0.459. The molecule has 0 fully saturated rings. The van der Waals surface area contributed by atoms with Crippen LogP contribution in [-0.4, -0.2) is 44.5 Å². The van der Waals surface area contributed by atoms with Crippen molar-refractivity contribution in [2.24, 2.45) is 0 Å². The molecule has 1 N–H and O–H groups in total. The topological polar surface area (TPSA) is 65.6 Å². The first-order valence-corrected chi connectivity index (χ1v) is 8.62. The number of aromatic amines is 1. The van der Waals surface area contributed by atoms with Crippen molar-refractivity contribution in [2.45, 2.75) is 6.10 Å². The fraction of sp³-hybridized carbons (Fsp3) is 0.316. The monoisotopic (exact) mass is 394 g/mol. The number of hydrogen-bond acceptors (Lipinski definition) is 5. The first kappa shape index (κ1) is 19.4. The second-order valence-electron chi connectivity index (χ2n) is 5.75. The number of ether oxygens (including phenoxy) is 4. The number of pyridine rings is 1. The molecule has 0 amide bonds. The zero-order valence-corrected chi connectivity index (χ0v) is 16.0. The first-order chi connectivity index (χ1) is 13.1. The van der Waals surface area contributed by atoms with E-state index in [1.165, 1.54) is 19.2 Å². The highest BCUT2D eigenvalue weighted by atomic mass is 35.5. The summed E-state index contributed by atoms with van der Waals surface area (Å²) in [7, 11) is 4.62. The largest absolute Gasteiger partial charge is 0.495 e. The lowest BCUT2D eigenvalue weighted by atomic mass is 10.00. The Bertz CT molecular complexity index is 931. The van der Waals surface area contributed by atoms with Crippen LogP contribution < -0.4 is 9.47 Å². The molecule has 0 aliphatic rings. The Morgan fingerprint density at radius 1 is 1.22 bits per heavy atom. The van der Waals surface area contributed by atoms with Gasteiger partial charge in [-0.25, -0.2) is 9.37 Å². The summed E-state index contributed by atoms with van der Waals surface area (Å²) in [5, 5.41) is 0.908. The zero-order chi connectivity index (χ0) is 19.4. The predicted molar refractivity (Wildman–Crippen MR) is 100 cm³/mol. The molecular weight excluding hydrogens is 375 g/mol. The summed E-state index contributed by atoms with van der Waals surface area (Å²) in [6.07, 6.45) is 2.56. The number of H-pyrrole nitrogens is 1. The lowest BCUT2D eigenvalue weighted by molar-refractivity contribution is 0.132. The SMILES string of the molecule is COCCOc1ccc(F)c(C(OC)c2c[nH]c3ncc(OC)cc23)c1Cl. The van der Waals surface area contributed by atoms with E-state index in [2.05, 4.69) is 9.97 Å². The van der Waals surface area contributed by atoms with Gasteiger partial charge >= 0.3 is 0 Å². The lowest BCUT2D eigenvalue weighted by Crippen LogP contribution is -2.09. The van der Waals surface area contributed by atoms with Gasteiger partial charge in [-0.1, -0.05) is 11.6 Å². The Morgan fingerprint density at radius 2 is 2.04 bits per heavy atom. The molecule has 0 aliphatic heterocycles. The predicted octanol–water partition coefficient (Wildman–Crippen LogP) is 4.13. The minimum atomic E-state index is -0.758. The van der Waals surface area contributed by atoms with Crippen LogP contribution in [0.15, 0.2) is 30.6 Å². The summed E-state index contributed by atoms with van der Waals surface area (Å²) in [5.41, 5.74) is 1.52. The zero-order valence-electron chi connectivity index (χ0n) is 15.2. The Hall–Kier alpha value is -2.35. The number of benzene rings is 1. The van der Waals surface area contributed by atoms with E-state index in [0.717, 1.165) is 5.39 Å². The van der Waals surface area contributed by atoms with Gasteiger partial charge in [-0.15, -0.1) is 0 Å². The summed E-state index contributed by atoms with van der Waals surface area (Å²) in [6.45, 7) is 0.692. The van der Waals surface area contributed by atoms with E-state index in [1.54, 1.807) is 26.6 Å². The number of rotatable bonds is 8. The summed E-state index contributed by atoms with van der Waals surface area (Å²) in [4.78, 5) is 7.35. The summed E-state index contributed by atoms with van der Waals surface area (Å²) in [6, 6.07) is 4.61. The molecular formula is C19H20ClFN2O4. The molecule has 144 valence electrons. The van der Waals surface area contributed by atoms with Gasteiger partial charge in [-0.2, -0.15) is 0 Å². The summed E-state index contributed by atoms with van der Waals surface area (Å²) >= 11 is 6.46. The van der Waals surface area contributed by atoms with Gasteiger partial charge in [-0.05, 0) is 18.2 Å². The van der Waals surface area contributed by atoms with Gasteiger partial charge < -0.3 is 23.9 Å². The lowest BCUT2D eigenvalue weighted by Gasteiger charge is -2.19. The molecule has 2 heterocycles. The Balaban J connectivity index is 2.07. The van der Waals surface area contributed by atoms with Gasteiger partial charge in [0, 0.05) is 36.9 Å². The maximum Gasteiger partial charge on any atom is 0.138 e. The van der Waals surface area contributed by atoms with E-state index in [0.29, 0.717) is 35.9 Å². The Labute approximate surface area is 161 Å². The van der Waals surface area contributed by atoms with Crippen LogP contribution in [0.25, 0.3) is 11.0 Å². The molecule has 27 heavy (non-hydrogen) atoms. The molecule has 8 heteroatoms. The van der Waals surface area contributed by atoms with Crippen LogP contribution in [-0.2, 0) is 9.47 Å². The van der Waals surface area contributed by atoms with Crippen LogP contribution in [0.2, 0.25) is 5.02 Å². The van der Waals surface area contributed by atoms with Crippen LogP contribution in [0.3, 0.4) is 0 Å². The van der Waals surface area contributed by atoms with Crippen LogP contribution in [0.4, 0.5) is 4.39 Å². The molecule has 0 spiro atoms. The van der Waals surface area contributed by atoms with Gasteiger partial charge in [-0.3, -0.25) is 0 Å². The van der Waals surface area contributed by atoms with Gasteiger partial charge in [0.15, 0.2) is 0 Å². The number of halogens is 2. The van der Waals surface area contributed by atoms with Gasteiger partial charge in [0.25, 0.3) is 0 Å². The van der Waals surface area contributed by atoms with E-state index in [-0.39, 0.29) is 10.6 Å². The minimum Gasteiger partial charge on any atom is -0.495 e. The molecule has 2 aromatic heterocycles. The van der Waals surface area contributed by atoms with Crippen molar-refractivity contribution in [1.82, 2.24) is 9.97 Å². The molecule has 0 saturated carbocycles. The first-order valence-electron chi connectivity index (χ1n) is 8.24. The van der Waals surface area contributed by atoms with Crippen LogP contribution in [0.1, 0.15) is 17.2 Å². The molecule has 0 bridgehead atoms. The average molecular weight is 395 g/mol. The van der Waals surface area contributed by atoms with E-state index >= 15 is 0 Å². The summed E-state index contributed by atoms with van der Waals surface area (Å²) < 4.78 is 36.1.